The predicted molar refractivity (Wildman–Crippen MR) is 78.9 cm³/mol. The van der Waals surface area contributed by atoms with E-state index in [-0.39, 0.29) is 16.4 Å². The number of aromatic nitrogens is 1. The first-order valence-corrected chi connectivity index (χ1v) is 6.31. The number of nitrogen functional groups attached to an aromatic ring is 1. The predicted octanol–water partition coefficient (Wildman–Crippen LogP) is 3.37. The highest BCUT2D eigenvalue weighted by Crippen LogP contribution is 2.21. The van der Waals surface area contributed by atoms with Crippen LogP contribution in [0.2, 0.25) is 5.02 Å². The number of anilines is 1. The molecule has 1 aromatic heterocycles. The van der Waals surface area contributed by atoms with Crippen LogP contribution < -0.4 is 11.3 Å². The van der Waals surface area contributed by atoms with Crippen molar-refractivity contribution in [2.75, 3.05) is 5.73 Å². The average molecular weight is 289 g/mol. The molecule has 0 bridgehead atoms. The summed E-state index contributed by atoms with van der Waals surface area (Å²) in [4.78, 5) is 12.5. The topological polar surface area (TPSA) is 48.0 Å². The van der Waals surface area contributed by atoms with Gasteiger partial charge in [0.2, 0.25) is 0 Å². The molecule has 5 heteroatoms. The van der Waals surface area contributed by atoms with Gasteiger partial charge in [0.1, 0.15) is 11.6 Å². The molecular weight excluding hydrogens is 279 g/mol. The molecule has 2 N–H and O–H groups in total. The molecule has 0 aliphatic heterocycles. The van der Waals surface area contributed by atoms with Crippen molar-refractivity contribution in [2.45, 2.75) is 0 Å². The zero-order chi connectivity index (χ0) is 14.3. The molecule has 0 aliphatic carbocycles. The van der Waals surface area contributed by atoms with E-state index in [4.69, 9.17) is 17.3 Å². The Bertz CT molecular complexity index is 873. The second-order valence-electron chi connectivity index (χ2n) is 4.40. The van der Waals surface area contributed by atoms with Gasteiger partial charge in [-0.3, -0.25) is 9.36 Å². The molecule has 0 saturated carbocycles. The standard InChI is InChI=1S/C15H10ClFN2O/c16-12-6-5-10(8-13(12)17)19-14(18)7-9-3-1-2-4-11(9)15(19)20/h1-8H,18H2. The smallest absolute Gasteiger partial charge is 0.264 e. The van der Waals surface area contributed by atoms with E-state index in [0.717, 1.165) is 5.39 Å². The van der Waals surface area contributed by atoms with E-state index in [1.54, 1.807) is 30.3 Å². The molecule has 0 spiro atoms. The van der Waals surface area contributed by atoms with E-state index in [1.165, 1.54) is 16.7 Å². The van der Waals surface area contributed by atoms with Crippen LogP contribution in [0, 0.1) is 5.82 Å². The van der Waals surface area contributed by atoms with Crippen molar-refractivity contribution in [2.24, 2.45) is 0 Å². The van der Waals surface area contributed by atoms with Crippen LogP contribution in [0.15, 0.2) is 53.3 Å². The molecule has 0 unspecified atom stereocenters. The maximum atomic E-state index is 13.6. The van der Waals surface area contributed by atoms with Crippen LogP contribution in [0.5, 0.6) is 0 Å². The summed E-state index contributed by atoms with van der Waals surface area (Å²) in [5, 5.41) is 1.28. The van der Waals surface area contributed by atoms with Crippen molar-refractivity contribution < 1.29 is 4.39 Å². The molecule has 0 saturated heterocycles. The first-order valence-electron chi connectivity index (χ1n) is 5.93. The number of fused-ring (bicyclic) bond motifs is 1. The molecular formula is C15H10ClFN2O. The van der Waals surface area contributed by atoms with Gasteiger partial charge in [0.05, 0.1) is 10.7 Å². The van der Waals surface area contributed by atoms with Gasteiger partial charge in [-0.1, -0.05) is 29.8 Å². The third-order valence-electron chi connectivity index (χ3n) is 3.12. The number of nitrogens with zero attached hydrogens (tertiary/aromatic N) is 1. The quantitative estimate of drug-likeness (QED) is 0.746. The molecule has 0 atom stereocenters. The number of pyridine rings is 1. The lowest BCUT2D eigenvalue weighted by Crippen LogP contribution is -2.21. The molecule has 0 radical (unpaired) electrons. The summed E-state index contributed by atoms with van der Waals surface area (Å²) >= 11 is 5.65. The lowest BCUT2D eigenvalue weighted by molar-refractivity contribution is 0.627. The first kappa shape index (κ1) is 12.7. The molecule has 20 heavy (non-hydrogen) atoms. The summed E-state index contributed by atoms with van der Waals surface area (Å²) < 4.78 is 14.8. The third-order valence-corrected chi connectivity index (χ3v) is 3.42. The SMILES string of the molecule is Nc1cc2ccccc2c(=O)n1-c1ccc(Cl)c(F)c1. The second kappa shape index (κ2) is 4.65. The van der Waals surface area contributed by atoms with Gasteiger partial charge in [0.25, 0.3) is 5.56 Å². The Kier molecular flexibility index (Phi) is 2.95. The molecule has 100 valence electrons. The van der Waals surface area contributed by atoms with Crippen molar-refractivity contribution in [3.05, 3.63) is 69.7 Å². The van der Waals surface area contributed by atoms with Crippen molar-refractivity contribution >= 4 is 28.2 Å². The van der Waals surface area contributed by atoms with Gasteiger partial charge >= 0.3 is 0 Å². The number of hydrogen-bond donors (Lipinski definition) is 1. The molecule has 2 aromatic carbocycles. The molecule has 1 heterocycles. The number of halogens is 2. The number of rotatable bonds is 1. The minimum atomic E-state index is -0.594. The van der Waals surface area contributed by atoms with E-state index in [0.29, 0.717) is 11.1 Å². The average Bonchev–Trinajstić information content (AvgIpc) is 2.43. The number of hydrogen-bond acceptors (Lipinski definition) is 2. The summed E-state index contributed by atoms with van der Waals surface area (Å²) in [5.41, 5.74) is 5.97. The molecule has 0 aliphatic rings. The van der Waals surface area contributed by atoms with Crippen LogP contribution in [-0.2, 0) is 0 Å². The van der Waals surface area contributed by atoms with Crippen LogP contribution in [0.3, 0.4) is 0 Å². The van der Waals surface area contributed by atoms with E-state index in [2.05, 4.69) is 0 Å². The summed E-state index contributed by atoms with van der Waals surface area (Å²) in [6.45, 7) is 0. The maximum Gasteiger partial charge on any atom is 0.264 e. The van der Waals surface area contributed by atoms with Gasteiger partial charge in [-0.2, -0.15) is 0 Å². The Balaban J connectivity index is 2.36. The van der Waals surface area contributed by atoms with E-state index in [9.17, 15) is 9.18 Å². The fourth-order valence-corrected chi connectivity index (χ4v) is 2.29. The van der Waals surface area contributed by atoms with Gasteiger partial charge in [-0.15, -0.1) is 0 Å². The summed E-state index contributed by atoms with van der Waals surface area (Å²) in [6.07, 6.45) is 0. The zero-order valence-electron chi connectivity index (χ0n) is 10.3. The lowest BCUT2D eigenvalue weighted by atomic mass is 10.1. The monoisotopic (exact) mass is 288 g/mol. The summed E-state index contributed by atoms with van der Waals surface area (Å²) in [7, 11) is 0. The molecule has 3 aromatic rings. The zero-order valence-corrected chi connectivity index (χ0v) is 11.1. The highest BCUT2D eigenvalue weighted by Gasteiger charge is 2.10. The maximum absolute atomic E-state index is 13.6. The first-order chi connectivity index (χ1) is 9.58. The third kappa shape index (κ3) is 1.94. The fraction of sp³-hybridized carbons (Fsp3) is 0. The van der Waals surface area contributed by atoms with Gasteiger partial charge < -0.3 is 5.73 Å². The normalized spacial score (nSPS) is 10.9. The summed E-state index contributed by atoms with van der Waals surface area (Å²) in [5.74, 6) is -0.348. The minimum absolute atomic E-state index is 0.00107. The Labute approximate surface area is 119 Å². The molecule has 3 rings (SSSR count). The van der Waals surface area contributed by atoms with Crippen molar-refractivity contribution in [1.82, 2.24) is 4.57 Å². The van der Waals surface area contributed by atoms with E-state index >= 15 is 0 Å². The van der Waals surface area contributed by atoms with Gasteiger partial charge in [0, 0.05) is 5.39 Å². The van der Waals surface area contributed by atoms with Crippen molar-refractivity contribution in [3.63, 3.8) is 0 Å². The van der Waals surface area contributed by atoms with Crippen LogP contribution in [-0.4, -0.2) is 4.57 Å². The Morgan fingerprint density at radius 1 is 1.10 bits per heavy atom. The van der Waals surface area contributed by atoms with Crippen LogP contribution in [0.25, 0.3) is 16.5 Å². The highest BCUT2D eigenvalue weighted by atomic mass is 35.5. The van der Waals surface area contributed by atoms with Crippen molar-refractivity contribution in [3.8, 4) is 5.69 Å². The summed E-state index contributed by atoms with van der Waals surface area (Å²) in [6, 6.07) is 12.9. The molecule has 3 nitrogen and oxygen atoms in total. The minimum Gasteiger partial charge on any atom is -0.385 e. The number of nitrogens with two attached hydrogens (primary N) is 1. The van der Waals surface area contributed by atoms with E-state index in [1.807, 2.05) is 6.07 Å². The molecule has 0 amide bonds. The largest absolute Gasteiger partial charge is 0.385 e. The number of benzene rings is 2. The van der Waals surface area contributed by atoms with Gasteiger partial charge in [-0.05, 0) is 35.7 Å². The van der Waals surface area contributed by atoms with Crippen LogP contribution in [0.1, 0.15) is 0 Å². The second-order valence-corrected chi connectivity index (χ2v) is 4.80. The fourth-order valence-electron chi connectivity index (χ4n) is 2.17. The van der Waals surface area contributed by atoms with Gasteiger partial charge in [-0.25, -0.2) is 4.39 Å². The Morgan fingerprint density at radius 2 is 1.85 bits per heavy atom. The Morgan fingerprint density at radius 3 is 2.60 bits per heavy atom. The van der Waals surface area contributed by atoms with Gasteiger partial charge in [0.15, 0.2) is 0 Å². The lowest BCUT2D eigenvalue weighted by Gasteiger charge is -2.11. The van der Waals surface area contributed by atoms with Crippen molar-refractivity contribution in [1.29, 1.82) is 0 Å². The highest BCUT2D eigenvalue weighted by molar-refractivity contribution is 6.30. The van der Waals surface area contributed by atoms with Crippen LogP contribution in [0.4, 0.5) is 10.2 Å². The van der Waals surface area contributed by atoms with E-state index < -0.39 is 5.82 Å². The van der Waals surface area contributed by atoms with Crippen LogP contribution >= 0.6 is 11.6 Å². The molecule has 0 fully saturated rings. The Hall–Kier alpha value is -2.33.